The lowest BCUT2D eigenvalue weighted by Gasteiger charge is -2.11. The van der Waals surface area contributed by atoms with Crippen LogP contribution in [0.2, 0.25) is 0 Å². The van der Waals surface area contributed by atoms with Crippen molar-refractivity contribution >= 4 is 28.9 Å². The maximum atomic E-state index is 4.58. The molecule has 1 heterocycles. The Bertz CT molecular complexity index is 774. The van der Waals surface area contributed by atoms with E-state index in [-0.39, 0.29) is 0 Å². The number of nitrogens with zero attached hydrogens (tertiary/aromatic N) is 3. The number of hydrogen-bond acceptors (Lipinski definition) is 3. The van der Waals surface area contributed by atoms with Crippen molar-refractivity contribution in [2.75, 3.05) is 19.0 Å². The van der Waals surface area contributed by atoms with Crippen LogP contribution < -0.4 is 4.90 Å². The number of hydrogen-bond donors (Lipinski definition) is 0. The molecule has 3 nitrogen and oxygen atoms in total. The molecule has 0 aliphatic rings. The Labute approximate surface area is 124 Å². The van der Waals surface area contributed by atoms with Gasteiger partial charge in [-0.25, -0.2) is 4.98 Å². The SMILES string of the molecule is CN(C)c1ccc(/C=C/c2cnc3ccccc3n2)cc1. The first-order valence-electron chi connectivity index (χ1n) is 6.90. The van der Waals surface area contributed by atoms with Crippen LogP contribution in [-0.2, 0) is 0 Å². The average Bonchev–Trinajstić information content (AvgIpc) is 2.53. The van der Waals surface area contributed by atoms with Gasteiger partial charge in [-0.3, -0.25) is 4.98 Å². The molecule has 0 radical (unpaired) electrons. The van der Waals surface area contributed by atoms with Crippen molar-refractivity contribution < 1.29 is 0 Å². The second kappa shape index (κ2) is 5.75. The average molecular weight is 275 g/mol. The molecule has 0 amide bonds. The van der Waals surface area contributed by atoms with Crippen LogP contribution in [-0.4, -0.2) is 24.1 Å². The zero-order valence-electron chi connectivity index (χ0n) is 12.2. The number of aromatic nitrogens is 2. The van der Waals surface area contributed by atoms with Crippen LogP contribution in [0.25, 0.3) is 23.2 Å². The van der Waals surface area contributed by atoms with E-state index in [9.17, 15) is 0 Å². The first kappa shape index (κ1) is 13.3. The van der Waals surface area contributed by atoms with Crippen molar-refractivity contribution in [3.63, 3.8) is 0 Å². The van der Waals surface area contributed by atoms with Crippen molar-refractivity contribution in [2.24, 2.45) is 0 Å². The van der Waals surface area contributed by atoms with E-state index in [0.29, 0.717) is 0 Å². The Morgan fingerprint density at radius 1 is 0.857 bits per heavy atom. The van der Waals surface area contributed by atoms with E-state index in [0.717, 1.165) is 22.3 Å². The van der Waals surface area contributed by atoms with Gasteiger partial charge in [-0.05, 0) is 35.9 Å². The lowest BCUT2D eigenvalue weighted by molar-refractivity contribution is 1.13. The number of para-hydroxylation sites is 2. The van der Waals surface area contributed by atoms with Crippen molar-refractivity contribution in [2.45, 2.75) is 0 Å². The van der Waals surface area contributed by atoms with Gasteiger partial charge < -0.3 is 4.90 Å². The fourth-order valence-electron chi connectivity index (χ4n) is 2.12. The summed E-state index contributed by atoms with van der Waals surface area (Å²) >= 11 is 0. The summed E-state index contributed by atoms with van der Waals surface area (Å²) in [6, 6.07) is 16.3. The van der Waals surface area contributed by atoms with Crippen LogP contribution in [0, 0.1) is 0 Å². The lowest BCUT2D eigenvalue weighted by atomic mass is 10.2. The van der Waals surface area contributed by atoms with Crippen LogP contribution in [0.15, 0.2) is 54.7 Å². The number of anilines is 1. The van der Waals surface area contributed by atoms with E-state index in [1.165, 1.54) is 5.69 Å². The topological polar surface area (TPSA) is 29.0 Å². The summed E-state index contributed by atoms with van der Waals surface area (Å²) < 4.78 is 0. The fraction of sp³-hybridized carbons (Fsp3) is 0.111. The molecule has 2 aromatic carbocycles. The van der Waals surface area contributed by atoms with Gasteiger partial charge in [0.2, 0.25) is 0 Å². The zero-order chi connectivity index (χ0) is 14.7. The molecule has 0 spiro atoms. The molecule has 0 saturated carbocycles. The molecule has 0 bridgehead atoms. The summed E-state index contributed by atoms with van der Waals surface area (Å²) in [4.78, 5) is 11.1. The molecule has 0 aliphatic heterocycles. The molecule has 21 heavy (non-hydrogen) atoms. The van der Waals surface area contributed by atoms with Crippen LogP contribution >= 0.6 is 0 Å². The smallest absolute Gasteiger partial charge is 0.0894 e. The van der Waals surface area contributed by atoms with Gasteiger partial charge in [0.1, 0.15) is 0 Å². The maximum Gasteiger partial charge on any atom is 0.0894 e. The molecule has 3 heteroatoms. The normalized spacial score (nSPS) is 11.1. The standard InChI is InChI=1S/C18H17N3/c1-21(2)16-11-8-14(9-12-16)7-10-15-13-19-17-5-3-4-6-18(17)20-15/h3-13H,1-2H3/b10-7+. The van der Waals surface area contributed by atoms with E-state index in [1.807, 2.05) is 44.4 Å². The Hall–Kier alpha value is -2.68. The van der Waals surface area contributed by atoms with Crippen molar-refractivity contribution in [1.82, 2.24) is 9.97 Å². The van der Waals surface area contributed by atoms with Crippen LogP contribution in [0.4, 0.5) is 5.69 Å². The molecule has 0 aliphatic carbocycles. The molecule has 1 aromatic heterocycles. The van der Waals surface area contributed by atoms with E-state index in [2.05, 4.69) is 45.2 Å². The summed E-state index contributed by atoms with van der Waals surface area (Å²) in [5.74, 6) is 0. The molecule has 0 N–H and O–H groups in total. The highest BCUT2D eigenvalue weighted by molar-refractivity contribution is 5.76. The van der Waals surface area contributed by atoms with Gasteiger partial charge >= 0.3 is 0 Å². The Balaban J connectivity index is 1.83. The third kappa shape index (κ3) is 3.08. The molecule has 0 fully saturated rings. The van der Waals surface area contributed by atoms with E-state index >= 15 is 0 Å². The quantitative estimate of drug-likeness (QED) is 0.726. The highest BCUT2D eigenvalue weighted by Crippen LogP contribution is 2.15. The molecule has 0 unspecified atom stereocenters. The van der Waals surface area contributed by atoms with Gasteiger partial charge in [0.25, 0.3) is 0 Å². The van der Waals surface area contributed by atoms with Gasteiger partial charge in [-0.2, -0.15) is 0 Å². The van der Waals surface area contributed by atoms with Crippen molar-refractivity contribution in [3.8, 4) is 0 Å². The largest absolute Gasteiger partial charge is 0.378 e. The summed E-state index contributed by atoms with van der Waals surface area (Å²) in [6.45, 7) is 0. The highest BCUT2D eigenvalue weighted by atomic mass is 15.1. The lowest BCUT2D eigenvalue weighted by Crippen LogP contribution is -2.07. The minimum absolute atomic E-state index is 0.866. The molecular weight excluding hydrogens is 258 g/mol. The third-order valence-corrected chi connectivity index (χ3v) is 3.32. The molecule has 3 rings (SSSR count). The van der Waals surface area contributed by atoms with Crippen LogP contribution in [0.3, 0.4) is 0 Å². The van der Waals surface area contributed by atoms with Crippen LogP contribution in [0.5, 0.6) is 0 Å². The minimum Gasteiger partial charge on any atom is -0.378 e. The fourth-order valence-corrected chi connectivity index (χ4v) is 2.12. The first-order valence-corrected chi connectivity index (χ1v) is 6.90. The Morgan fingerprint density at radius 3 is 2.29 bits per heavy atom. The molecule has 104 valence electrons. The number of fused-ring (bicyclic) bond motifs is 1. The number of rotatable bonds is 3. The number of benzene rings is 2. The summed E-state index contributed by atoms with van der Waals surface area (Å²) in [5, 5.41) is 0. The Morgan fingerprint density at radius 2 is 1.57 bits per heavy atom. The molecule has 0 saturated heterocycles. The predicted molar refractivity (Wildman–Crippen MR) is 89.2 cm³/mol. The first-order chi connectivity index (χ1) is 10.2. The second-order valence-electron chi connectivity index (χ2n) is 5.10. The minimum atomic E-state index is 0.866. The predicted octanol–water partition coefficient (Wildman–Crippen LogP) is 3.87. The van der Waals surface area contributed by atoms with Crippen molar-refractivity contribution in [1.29, 1.82) is 0 Å². The van der Waals surface area contributed by atoms with Gasteiger partial charge in [-0.1, -0.05) is 30.3 Å². The Kier molecular flexibility index (Phi) is 3.65. The summed E-state index contributed by atoms with van der Waals surface area (Å²) in [5.41, 5.74) is 5.05. The second-order valence-corrected chi connectivity index (χ2v) is 5.10. The molecular formula is C18H17N3. The van der Waals surface area contributed by atoms with Gasteiger partial charge in [-0.15, -0.1) is 0 Å². The zero-order valence-corrected chi connectivity index (χ0v) is 12.2. The van der Waals surface area contributed by atoms with Gasteiger partial charge in [0.15, 0.2) is 0 Å². The monoisotopic (exact) mass is 275 g/mol. The van der Waals surface area contributed by atoms with Gasteiger partial charge in [0.05, 0.1) is 22.9 Å². The van der Waals surface area contributed by atoms with E-state index in [1.54, 1.807) is 6.20 Å². The van der Waals surface area contributed by atoms with E-state index in [4.69, 9.17) is 0 Å². The molecule has 3 aromatic rings. The van der Waals surface area contributed by atoms with Crippen molar-refractivity contribution in [3.05, 3.63) is 66.0 Å². The molecule has 0 atom stereocenters. The maximum absolute atomic E-state index is 4.58. The third-order valence-electron chi connectivity index (χ3n) is 3.32. The van der Waals surface area contributed by atoms with Gasteiger partial charge in [0, 0.05) is 19.8 Å². The highest BCUT2D eigenvalue weighted by Gasteiger charge is 1.97. The van der Waals surface area contributed by atoms with E-state index < -0.39 is 0 Å². The summed E-state index contributed by atoms with van der Waals surface area (Å²) in [6.07, 6.45) is 5.84. The van der Waals surface area contributed by atoms with Crippen LogP contribution in [0.1, 0.15) is 11.3 Å². The summed E-state index contributed by atoms with van der Waals surface area (Å²) in [7, 11) is 4.07.